The van der Waals surface area contributed by atoms with Gasteiger partial charge in [-0.1, -0.05) is 49.4 Å². The number of fused-ring (bicyclic) bond motifs is 2. The van der Waals surface area contributed by atoms with Crippen molar-refractivity contribution in [3.63, 3.8) is 0 Å². The van der Waals surface area contributed by atoms with Crippen molar-refractivity contribution in [2.45, 2.75) is 26.0 Å². The lowest BCUT2D eigenvalue weighted by molar-refractivity contribution is 0.0389. The lowest BCUT2D eigenvalue weighted by atomic mass is 9.99. The van der Waals surface area contributed by atoms with Crippen LogP contribution in [-0.4, -0.2) is 79.8 Å². The first-order valence-corrected chi connectivity index (χ1v) is 14.5. The van der Waals surface area contributed by atoms with Crippen LogP contribution in [0.3, 0.4) is 0 Å². The molecule has 0 aliphatic carbocycles. The summed E-state index contributed by atoms with van der Waals surface area (Å²) in [6.45, 7) is 3.64. The van der Waals surface area contributed by atoms with Gasteiger partial charge in [0.2, 0.25) is 10.0 Å². The van der Waals surface area contributed by atoms with Gasteiger partial charge in [0, 0.05) is 24.9 Å². The number of likely N-dealkylation sites (N-methyl/N-ethyl adjacent to an activating group) is 1. The van der Waals surface area contributed by atoms with Crippen molar-refractivity contribution in [2.24, 2.45) is 5.92 Å². The average Bonchev–Trinajstić information content (AvgIpc) is 2.90. The minimum atomic E-state index is -3.50. The molecule has 0 unspecified atom stereocenters. The topological polar surface area (TPSA) is 128 Å². The zero-order valence-electron chi connectivity index (χ0n) is 22.4. The van der Waals surface area contributed by atoms with Gasteiger partial charge in [0.15, 0.2) is 5.75 Å². The zero-order valence-corrected chi connectivity index (χ0v) is 23.2. The van der Waals surface area contributed by atoms with Crippen LogP contribution in [-0.2, 0) is 10.0 Å². The Kier molecular flexibility index (Phi) is 8.43. The minimum Gasteiger partial charge on any atom is -0.486 e. The zero-order chi connectivity index (χ0) is 28.3. The quantitative estimate of drug-likeness (QED) is 0.410. The summed E-state index contributed by atoms with van der Waals surface area (Å²) >= 11 is 0. The number of hydrogen-bond acceptors (Lipinski definition) is 6. The molecule has 0 bridgehead atoms. The number of aliphatic hydroxyl groups excluding tert-OH is 1. The summed E-state index contributed by atoms with van der Waals surface area (Å²) < 4.78 is 31.9. The number of carbonyl (C=O) groups excluding carboxylic acids is 2. The van der Waals surface area contributed by atoms with Gasteiger partial charge >= 0.3 is 6.03 Å². The van der Waals surface area contributed by atoms with Crippen molar-refractivity contribution in [3.8, 4) is 5.75 Å². The van der Waals surface area contributed by atoms with Crippen LogP contribution >= 0.6 is 0 Å². The normalized spacial score (nSPS) is 18.6. The molecule has 3 aromatic carbocycles. The molecule has 11 heteroatoms. The third-order valence-corrected chi connectivity index (χ3v) is 8.26. The van der Waals surface area contributed by atoms with Crippen LogP contribution in [0.1, 0.15) is 24.2 Å². The maximum Gasteiger partial charge on any atom is 0.323 e. The summed E-state index contributed by atoms with van der Waals surface area (Å²) in [6, 6.07) is 17.1. The monoisotopic (exact) mass is 554 g/mol. The highest BCUT2D eigenvalue weighted by Crippen LogP contribution is 2.35. The Morgan fingerprint density at radius 2 is 1.74 bits per heavy atom. The Morgan fingerprint density at radius 3 is 2.46 bits per heavy atom. The molecule has 1 aliphatic rings. The van der Waals surface area contributed by atoms with Gasteiger partial charge < -0.3 is 25.4 Å². The molecule has 208 valence electrons. The molecule has 4 rings (SSSR count). The molecule has 0 radical (unpaired) electrons. The van der Waals surface area contributed by atoms with E-state index < -0.39 is 28.2 Å². The van der Waals surface area contributed by atoms with Gasteiger partial charge in [-0.2, -0.15) is 0 Å². The number of nitrogens with zero attached hydrogens (tertiary/aromatic N) is 2. The number of carbonyl (C=O) groups is 2. The summed E-state index contributed by atoms with van der Waals surface area (Å²) in [5.41, 5.74) is 1.08. The van der Waals surface area contributed by atoms with E-state index in [1.54, 1.807) is 36.1 Å². The first-order valence-electron chi connectivity index (χ1n) is 12.7. The predicted octanol–water partition coefficient (Wildman–Crippen LogP) is 3.60. The van der Waals surface area contributed by atoms with Crippen LogP contribution in [0.15, 0.2) is 60.7 Å². The SMILES string of the molecule is C[C@H](CO)N1C[C@H](C)[C@@H](CN(C)S(C)(=O)=O)Oc2c(NC(=O)Nc3cccc4ccccc34)cccc2C1=O. The number of amides is 3. The third-order valence-electron chi connectivity index (χ3n) is 6.98. The van der Waals surface area contributed by atoms with Crippen molar-refractivity contribution in [3.05, 3.63) is 66.2 Å². The number of urea groups is 1. The molecule has 1 aliphatic heterocycles. The fourth-order valence-corrected chi connectivity index (χ4v) is 4.98. The van der Waals surface area contributed by atoms with Crippen LogP contribution in [0.5, 0.6) is 5.75 Å². The van der Waals surface area contributed by atoms with E-state index in [2.05, 4.69) is 10.6 Å². The third kappa shape index (κ3) is 6.32. The van der Waals surface area contributed by atoms with E-state index in [0.717, 1.165) is 17.0 Å². The van der Waals surface area contributed by atoms with Crippen LogP contribution in [0.25, 0.3) is 10.8 Å². The maximum atomic E-state index is 13.6. The summed E-state index contributed by atoms with van der Waals surface area (Å²) in [6.07, 6.45) is 0.469. The predicted molar refractivity (Wildman–Crippen MR) is 152 cm³/mol. The Hall–Kier alpha value is -3.67. The maximum absolute atomic E-state index is 13.6. The molecule has 0 fully saturated rings. The molecule has 0 saturated carbocycles. The van der Waals surface area contributed by atoms with Gasteiger partial charge in [-0.3, -0.25) is 4.79 Å². The second-order valence-electron chi connectivity index (χ2n) is 9.95. The molecule has 39 heavy (non-hydrogen) atoms. The van der Waals surface area contributed by atoms with E-state index in [0.29, 0.717) is 5.69 Å². The molecule has 0 saturated heterocycles. The lowest BCUT2D eigenvalue weighted by Gasteiger charge is -2.38. The number of para-hydroxylation sites is 1. The molecule has 3 amide bonds. The number of ether oxygens (including phenoxy) is 1. The van der Waals surface area contributed by atoms with Crippen molar-refractivity contribution in [1.82, 2.24) is 9.21 Å². The molecular weight excluding hydrogens is 520 g/mol. The molecule has 0 aromatic heterocycles. The summed E-state index contributed by atoms with van der Waals surface area (Å²) in [4.78, 5) is 28.3. The molecule has 3 aromatic rings. The smallest absolute Gasteiger partial charge is 0.323 e. The van der Waals surface area contributed by atoms with E-state index in [1.807, 2.05) is 43.3 Å². The number of aliphatic hydroxyl groups is 1. The van der Waals surface area contributed by atoms with Crippen LogP contribution in [0, 0.1) is 5.92 Å². The highest BCUT2D eigenvalue weighted by molar-refractivity contribution is 7.88. The van der Waals surface area contributed by atoms with Crippen molar-refractivity contribution >= 4 is 44.1 Å². The van der Waals surface area contributed by atoms with Gasteiger partial charge in [0.05, 0.1) is 42.4 Å². The van der Waals surface area contributed by atoms with Gasteiger partial charge in [-0.15, -0.1) is 0 Å². The fourth-order valence-electron chi connectivity index (χ4n) is 4.56. The number of benzene rings is 3. The van der Waals surface area contributed by atoms with E-state index >= 15 is 0 Å². The van der Waals surface area contributed by atoms with Crippen LogP contribution in [0.2, 0.25) is 0 Å². The Labute approximate surface area is 228 Å². The Morgan fingerprint density at radius 1 is 1.10 bits per heavy atom. The van der Waals surface area contributed by atoms with Gasteiger partial charge in [0.25, 0.3) is 5.91 Å². The number of nitrogens with one attached hydrogen (secondary N) is 2. The summed E-state index contributed by atoms with van der Waals surface area (Å²) in [7, 11) is -2.03. The Bertz CT molecular complexity index is 1470. The van der Waals surface area contributed by atoms with Crippen molar-refractivity contribution < 1.29 is 27.9 Å². The van der Waals surface area contributed by atoms with E-state index in [1.165, 1.54) is 11.4 Å². The molecule has 10 nitrogen and oxygen atoms in total. The van der Waals surface area contributed by atoms with Gasteiger partial charge in [0.1, 0.15) is 6.10 Å². The molecule has 0 spiro atoms. The van der Waals surface area contributed by atoms with E-state index in [9.17, 15) is 23.1 Å². The number of rotatable bonds is 7. The second-order valence-corrected chi connectivity index (χ2v) is 12.0. The molecule has 1 heterocycles. The molecule has 3 N–H and O–H groups in total. The van der Waals surface area contributed by atoms with E-state index in [-0.39, 0.29) is 48.5 Å². The first kappa shape index (κ1) is 28.3. The van der Waals surface area contributed by atoms with E-state index in [4.69, 9.17) is 4.74 Å². The number of anilines is 2. The standard InChI is InChI=1S/C28H34N4O6S/c1-18-15-32(19(2)17-33)27(34)22-12-8-14-24(26(22)38-25(18)16-31(3)39(4,36)37)30-28(35)29-23-13-7-10-20-9-5-6-11-21(20)23/h5-14,18-19,25,33H,15-17H2,1-4H3,(H2,29,30,35)/t18-,19+,25+/m0/s1. The van der Waals surface area contributed by atoms with Crippen molar-refractivity contribution in [1.29, 1.82) is 0 Å². The number of hydrogen-bond donors (Lipinski definition) is 3. The highest BCUT2D eigenvalue weighted by Gasteiger charge is 2.35. The highest BCUT2D eigenvalue weighted by atomic mass is 32.2. The van der Waals surface area contributed by atoms with Gasteiger partial charge in [-0.25, -0.2) is 17.5 Å². The minimum absolute atomic E-state index is 0.0332. The van der Waals surface area contributed by atoms with Gasteiger partial charge in [-0.05, 0) is 30.5 Å². The lowest BCUT2D eigenvalue weighted by Crippen LogP contribution is -2.50. The average molecular weight is 555 g/mol. The number of sulfonamides is 1. The molecular formula is C28H34N4O6S. The van der Waals surface area contributed by atoms with Crippen molar-refractivity contribution in [2.75, 3.05) is 43.6 Å². The first-order chi connectivity index (χ1) is 18.5. The second kappa shape index (κ2) is 11.6. The summed E-state index contributed by atoms with van der Waals surface area (Å²) in [5.74, 6) is -0.506. The fraction of sp³-hybridized carbons (Fsp3) is 0.357. The van der Waals surface area contributed by atoms with Crippen LogP contribution in [0.4, 0.5) is 16.2 Å². The summed E-state index contributed by atoms with van der Waals surface area (Å²) in [5, 5.41) is 17.3. The molecule has 3 atom stereocenters. The Balaban J connectivity index is 1.70. The largest absolute Gasteiger partial charge is 0.486 e. The van der Waals surface area contributed by atoms with Crippen LogP contribution < -0.4 is 15.4 Å².